The first kappa shape index (κ1) is 14.1. The van der Waals surface area contributed by atoms with E-state index in [1.807, 2.05) is 39.8 Å². The molecular formula is C14H14Cl2N2O. The Morgan fingerprint density at radius 3 is 2.05 bits per heavy atom. The number of hydrogen-bond donors (Lipinski definition) is 0. The highest BCUT2D eigenvalue weighted by Gasteiger charge is 2.13. The van der Waals surface area contributed by atoms with Gasteiger partial charge in [-0.05, 0) is 56.5 Å². The topological polar surface area (TPSA) is 35.0 Å². The van der Waals surface area contributed by atoms with E-state index in [1.165, 1.54) is 0 Å². The van der Waals surface area contributed by atoms with Crippen molar-refractivity contribution in [1.82, 2.24) is 10.2 Å². The fourth-order valence-corrected chi connectivity index (χ4v) is 2.31. The quantitative estimate of drug-likeness (QED) is 0.798. The summed E-state index contributed by atoms with van der Waals surface area (Å²) in [5, 5.41) is 8.97. The number of ether oxygens (including phenoxy) is 1. The summed E-state index contributed by atoms with van der Waals surface area (Å²) in [5.74, 6) is 1.22. The van der Waals surface area contributed by atoms with Crippen LogP contribution in [0.2, 0.25) is 10.2 Å². The highest BCUT2D eigenvalue weighted by molar-refractivity contribution is 6.30. The van der Waals surface area contributed by atoms with E-state index >= 15 is 0 Å². The summed E-state index contributed by atoms with van der Waals surface area (Å²) in [5.41, 5.74) is 3.67. The molecule has 0 unspecified atom stereocenters. The molecule has 0 N–H and O–H groups in total. The Bertz CT molecular complexity index is 619. The predicted molar refractivity (Wildman–Crippen MR) is 77.5 cm³/mol. The van der Waals surface area contributed by atoms with Gasteiger partial charge in [0.05, 0.1) is 0 Å². The second-order valence-corrected chi connectivity index (χ2v) is 5.31. The van der Waals surface area contributed by atoms with E-state index in [9.17, 15) is 0 Å². The summed E-state index contributed by atoms with van der Waals surface area (Å²) in [6.07, 6.45) is 0. The summed E-state index contributed by atoms with van der Waals surface area (Å²) in [6, 6.07) is 3.71. The van der Waals surface area contributed by atoms with E-state index in [0.29, 0.717) is 16.1 Å². The van der Waals surface area contributed by atoms with Crippen molar-refractivity contribution in [3.8, 4) is 11.6 Å². The number of aryl methyl sites for hydroxylation is 2. The highest BCUT2D eigenvalue weighted by atomic mass is 35.5. The van der Waals surface area contributed by atoms with Gasteiger partial charge in [-0.15, -0.1) is 10.2 Å². The zero-order valence-electron chi connectivity index (χ0n) is 11.2. The van der Waals surface area contributed by atoms with Gasteiger partial charge in [0.25, 0.3) is 0 Å². The summed E-state index contributed by atoms with van der Waals surface area (Å²) in [4.78, 5) is 0. The largest absolute Gasteiger partial charge is 0.437 e. The second kappa shape index (κ2) is 5.35. The lowest BCUT2D eigenvalue weighted by molar-refractivity contribution is 0.444. The van der Waals surface area contributed by atoms with Crippen LogP contribution < -0.4 is 4.74 Å². The van der Waals surface area contributed by atoms with Crippen LogP contribution in [-0.2, 0) is 0 Å². The molecule has 0 atom stereocenters. The van der Waals surface area contributed by atoms with Gasteiger partial charge in [-0.3, -0.25) is 0 Å². The molecule has 0 aliphatic carbocycles. The Hall–Kier alpha value is -1.32. The van der Waals surface area contributed by atoms with E-state index in [2.05, 4.69) is 10.2 Å². The molecule has 0 spiro atoms. The molecular weight excluding hydrogens is 283 g/mol. The molecule has 3 nitrogen and oxygen atoms in total. The van der Waals surface area contributed by atoms with Gasteiger partial charge in [-0.25, -0.2) is 0 Å². The van der Waals surface area contributed by atoms with Crippen molar-refractivity contribution in [3.63, 3.8) is 0 Å². The van der Waals surface area contributed by atoms with Gasteiger partial charge >= 0.3 is 0 Å². The van der Waals surface area contributed by atoms with Crippen molar-refractivity contribution in [2.75, 3.05) is 0 Å². The molecule has 1 aromatic carbocycles. The lowest BCUT2D eigenvalue weighted by Crippen LogP contribution is -1.99. The van der Waals surface area contributed by atoms with Gasteiger partial charge in [0, 0.05) is 10.6 Å². The molecule has 0 fully saturated rings. The molecule has 1 heterocycles. The van der Waals surface area contributed by atoms with Crippen LogP contribution in [0.4, 0.5) is 0 Å². The first-order valence-electron chi connectivity index (χ1n) is 5.84. The lowest BCUT2D eigenvalue weighted by Gasteiger charge is -2.13. The van der Waals surface area contributed by atoms with Crippen molar-refractivity contribution in [1.29, 1.82) is 0 Å². The van der Waals surface area contributed by atoms with Gasteiger partial charge in [0.2, 0.25) is 5.88 Å². The number of rotatable bonds is 2. The van der Waals surface area contributed by atoms with Gasteiger partial charge in [-0.1, -0.05) is 23.2 Å². The zero-order valence-corrected chi connectivity index (χ0v) is 12.7. The minimum atomic E-state index is 0.398. The normalized spacial score (nSPS) is 10.6. The smallest absolute Gasteiger partial charge is 0.242 e. The molecule has 1 aromatic heterocycles. The van der Waals surface area contributed by atoms with Crippen molar-refractivity contribution in [2.24, 2.45) is 0 Å². The average molecular weight is 297 g/mol. The lowest BCUT2D eigenvalue weighted by atomic mass is 10.1. The zero-order chi connectivity index (χ0) is 14.2. The first-order chi connectivity index (χ1) is 8.90. The van der Waals surface area contributed by atoms with Crippen molar-refractivity contribution in [2.45, 2.75) is 27.7 Å². The fraction of sp³-hybridized carbons (Fsp3) is 0.286. The average Bonchev–Trinajstić information content (AvgIpc) is 2.33. The predicted octanol–water partition coefficient (Wildman–Crippen LogP) is 4.81. The van der Waals surface area contributed by atoms with E-state index in [-0.39, 0.29) is 0 Å². The third-order valence-corrected chi connectivity index (χ3v) is 3.62. The van der Waals surface area contributed by atoms with Crippen molar-refractivity contribution >= 4 is 23.2 Å². The Kier molecular flexibility index (Phi) is 3.97. The van der Waals surface area contributed by atoms with Crippen LogP contribution in [0.15, 0.2) is 12.1 Å². The van der Waals surface area contributed by atoms with E-state index in [4.69, 9.17) is 27.9 Å². The van der Waals surface area contributed by atoms with Crippen LogP contribution in [0.3, 0.4) is 0 Å². The standard InChI is InChI=1S/C14H14Cl2N2O/c1-7-5-11(15)6-8(2)12(7)19-14-10(4)9(3)13(16)17-18-14/h5-6H,1-4H3. The van der Waals surface area contributed by atoms with Crippen LogP contribution in [0.5, 0.6) is 11.6 Å². The maximum atomic E-state index is 6.00. The molecule has 0 bridgehead atoms. The summed E-state index contributed by atoms with van der Waals surface area (Å²) < 4.78 is 5.87. The fourth-order valence-electron chi connectivity index (χ4n) is 1.81. The van der Waals surface area contributed by atoms with Crippen LogP contribution in [0.1, 0.15) is 22.3 Å². The van der Waals surface area contributed by atoms with Crippen molar-refractivity contribution < 1.29 is 4.74 Å². The minimum Gasteiger partial charge on any atom is -0.437 e. The number of halogens is 2. The van der Waals surface area contributed by atoms with Crippen molar-refractivity contribution in [3.05, 3.63) is 44.6 Å². The maximum absolute atomic E-state index is 6.00. The molecule has 0 saturated heterocycles. The second-order valence-electron chi connectivity index (χ2n) is 4.52. The third-order valence-electron chi connectivity index (χ3n) is 3.05. The molecule has 2 aromatic rings. The SMILES string of the molecule is Cc1cc(Cl)cc(C)c1Oc1nnc(Cl)c(C)c1C. The Labute approximate surface area is 122 Å². The summed E-state index contributed by atoms with van der Waals surface area (Å²) >= 11 is 11.9. The Morgan fingerprint density at radius 1 is 0.895 bits per heavy atom. The Balaban J connectivity index is 2.45. The molecule has 0 amide bonds. The van der Waals surface area contributed by atoms with Crippen LogP contribution in [0, 0.1) is 27.7 Å². The molecule has 0 saturated carbocycles. The van der Waals surface area contributed by atoms with Gasteiger partial charge in [0.15, 0.2) is 5.15 Å². The van der Waals surface area contributed by atoms with E-state index < -0.39 is 0 Å². The summed E-state index contributed by atoms with van der Waals surface area (Å²) in [6.45, 7) is 7.69. The molecule has 5 heteroatoms. The Morgan fingerprint density at radius 2 is 1.47 bits per heavy atom. The minimum absolute atomic E-state index is 0.398. The monoisotopic (exact) mass is 296 g/mol. The maximum Gasteiger partial charge on any atom is 0.242 e. The van der Waals surface area contributed by atoms with E-state index in [0.717, 1.165) is 28.0 Å². The highest BCUT2D eigenvalue weighted by Crippen LogP contribution is 2.33. The van der Waals surface area contributed by atoms with E-state index in [1.54, 1.807) is 0 Å². The van der Waals surface area contributed by atoms with Gasteiger partial charge in [0.1, 0.15) is 5.75 Å². The van der Waals surface area contributed by atoms with Gasteiger partial charge < -0.3 is 4.74 Å². The molecule has 100 valence electrons. The molecule has 0 aliphatic rings. The van der Waals surface area contributed by atoms with Gasteiger partial charge in [-0.2, -0.15) is 0 Å². The third kappa shape index (κ3) is 2.82. The molecule has 2 rings (SSSR count). The number of aromatic nitrogens is 2. The number of benzene rings is 1. The van der Waals surface area contributed by atoms with Crippen LogP contribution in [-0.4, -0.2) is 10.2 Å². The first-order valence-corrected chi connectivity index (χ1v) is 6.59. The van der Waals surface area contributed by atoms with Crippen LogP contribution in [0.25, 0.3) is 0 Å². The molecule has 0 radical (unpaired) electrons. The summed E-state index contributed by atoms with van der Waals surface area (Å²) in [7, 11) is 0. The van der Waals surface area contributed by atoms with Crippen LogP contribution >= 0.6 is 23.2 Å². The number of nitrogens with zero attached hydrogens (tertiary/aromatic N) is 2. The molecule has 19 heavy (non-hydrogen) atoms. The number of hydrogen-bond acceptors (Lipinski definition) is 3. The molecule has 0 aliphatic heterocycles.